The molecular formula is C28H33N3O4. The fraction of sp³-hybridized carbons (Fsp3) is 0.357. The first-order valence-electron chi connectivity index (χ1n) is 12.1. The van der Waals surface area contributed by atoms with Crippen molar-refractivity contribution in [1.82, 2.24) is 15.1 Å². The summed E-state index contributed by atoms with van der Waals surface area (Å²) in [6, 6.07) is 9.24. The molecule has 1 aliphatic heterocycles. The summed E-state index contributed by atoms with van der Waals surface area (Å²) in [6.45, 7) is 13.1. The SMILES string of the molecule is C=CCOc1ccc(C2c3c(-c4cc(C)cc(C)c4O)n[nH]c3C(=O)N2CCCC)cc1OCC. The summed E-state index contributed by atoms with van der Waals surface area (Å²) in [7, 11) is 0. The van der Waals surface area contributed by atoms with Gasteiger partial charge in [-0.1, -0.05) is 38.1 Å². The normalized spacial score (nSPS) is 14.8. The van der Waals surface area contributed by atoms with Crippen LogP contribution in [0.15, 0.2) is 43.0 Å². The Morgan fingerprint density at radius 3 is 2.69 bits per heavy atom. The first kappa shape index (κ1) is 24.4. The smallest absolute Gasteiger partial charge is 0.273 e. The van der Waals surface area contributed by atoms with Crippen molar-refractivity contribution < 1.29 is 19.4 Å². The summed E-state index contributed by atoms with van der Waals surface area (Å²) in [5, 5.41) is 18.4. The van der Waals surface area contributed by atoms with Crippen LogP contribution < -0.4 is 9.47 Å². The molecule has 7 nitrogen and oxygen atoms in total. The Kier molecular flexibility index (Phi) is 7.15. The monoisotopic (exact) mass is 475 g/mol. The number of hydrogen-bond acceptors (Lipinski definition) is 5. The molecule has 35 heavy (non-hydrogen) atoms. The van der Waals surface area contributed by atoms with E-state index in [4.69, 9.17) is 9.47 Å². The number of nitrogens with zero attached hydrogens (tertiary/aromatic N) is 2. The Morgan fingerprint density at radius 1 is 1.17 bits per heavy atom. The van der Waals surface area contributed by atoms with E-state index in [1.54, 1.807) is 6.08 Å². The molecule has 0 bridgehead atoms. The molecule has 1 atom stereocenters. The number of H-pyrrole nitrogens is 1. The summed E-state index contributed by atoms with van der Waals surface area (Å²) < 4.78 is 11.7. The minimum absolute atomic E-state index is 0.0917. The Bertz CT molecular complexity index is 1250. The second-order valence-electron chi connectivity index (χ2n) is 8.83. The maximum absolute atomic E-state index is 13.5. The molecule has 1 aliphatic rings. The standard InChI is InChI=1S/C28H33N3O4/c1-6-9-12-31-26(19-10-11-21(35-13-7-2)22(16-19)34-8-3)23-24(29-30-25(23)28(31)33)20-15-17(4)14-18(5)27(20)32/h7,10-11,14-16,26,32H,2,6,8-9,12-13H2,1,3-5H3,(H,29,30). The van der Waals surface area contributed by atoms with Crippen LogP contribution >= 0.6 is 0 Å². The number of hydrogen-bond donors (Lipinski definition) is 2. The van der Waals surface area contributed by atoms with Crippen LogP contribution in [0.5, 0.6) is 17.2 Å². The van der Waals surface area contributed by atoms with Gasteiger partial charge in [0.2, 0.25) is 0 Å². The number of phenols is 1. The van der Waals surface area contributed by atoms with Gasteiger partial charge >= 0.3 is 0 Å². The van der Waals surface area contributed by atoms with E-state index in [9.17, 15) is 9.90 Å². The van der Waals surface area contributed by atoms with E-state index in [0.29, 0.717) is 48.2 Å². The van der Waals surface area contributed by atoms with Gasteiger partial charge in [-0.25, -0.2) is 0 Å². The molecule has 0 fully saturated rings. The van der Waals surface area contributed by atoms with Gasteiger partial charge in [0.1, 0.15) is 23.7 Å². The number of fused-ring (bicyclic) bond motifs is 1. The number of unbranched alkanes of at least 4 members (excludes halogenated alkanes) is 1. The zero-order chi connectivity index (χ0) is 25.1. The van der Waals surface area contributed by atoms with Gasteiger partial charge in [0.25, 0.3) is 5.91 Å². The summed E-state index contributed by atoms with van der Waals surface area (Å²) in [5.74, 6) is 1.32. The lowest BCUT2D eigenvalue weighted by molar-refractivity contribution is 0.0741. The molecule has 1 unspecified atom stereocenters. The molecule has 3 aromatic rings. The number of amides is 1. The van der Waals surface area contributed by atoms with E-state index >= 15 is 0 Å². The number of aryl methyl sites for hydroxylation is 2. The third-order valence-corrected chi connectivity index (χ3v) is 6.26. The zero-order valence-electron chi connectivity index (χ0n) is 20.9. The van der Waals surface area contributed by atoms with Crippen LogP contribution in [0.3, 0.4) is 0 Å². The molecule has 2 N–H and O–H groups in total. The van der Waals surface area contributed by atoms with Gasteiger partial charge in [0, 0.05) is 17.7 Å². The number of nitrogens with one attached hydrogen (secondary N) is 1. The summed E-state index contributed by atoms with van der Waals surface area (Å²) in [5.41, 5.74) is 5.12. The summed E-state index contributed by atoms with van der Waals surface area (Å²) in [6.07, 6.45) is 3.53. The average molecular weight is 476 g/mol. The molecule has 0 spiro atoms. The van der Waals surface area contributed by atoms with E-state index < -0.39 is 0 Å². The predicted octanol–water partition coefficient (Wildman–Crippen LogP) is 5.71. The van der Waals surface area contributed by atoms with Crippen LogP contribution in [0.4, 0.5) is 0 Å². The highest BCUT2D eigenvalue weighted by Gasteiger charge is 2.42. The Balaban J connectivity index is 1.88. The van der Waals surface area contributed by atoms with Crippen molar-refractivity contribution in [2.45, 2.75) is 46.6 Å². The van der Waals surface area contributed by atoms with Gasteiger partial charge in [-0.05, 0) is 62.1 Å². The van der Waals surface area contributed by atoms with Gasteiger partial charge in [0.05, 0.1) is 12.6 Å². The average Bonchev–Trinajstić information content (AvgIpc) is 3.38. The third-order valence-electron chi connectivity index (χ3n) is 6.26. The topological polar surface area (TPSA) is 87.7 Å². The fourth-order valence-electron chi connectivity index (χ4n) is 4.68. The van der Waals surface area contributed by atoms with Crippen molar-refractivity contribution in [3.63, 3.8) is 0 Å². The lowest BCUT2D eigenvalue weighted by Gasteiger charge is -2.27. The Hall–Kier alpha value is -3.74. The molecule has 1 aromatic heterocycles. The van der Waals surface area contributed by atoms with E-state index in [-0.39, 0.29) is 17.7 Å². The molecule has 0 aliphatic carbocycles. The lowest BCUT2D eigenvalue weighted by Crippen LogP contribution is -2.30. The van der Waals surface area contributed by atoms with Crippen LogP contribution in [0, 0.1) is 13.8 Å². The number of aromatic amines is 1. The molecule has 184 valence electrons. The molecule has 4 rings (SSSR count). The van der Waals surface area contributed by atoms with Crippen molar-refractivity contribution >= 4 is 5.91 Å². The van der Waals surface area contributed by atoms with Crippen LogP contribution in [-0.2, 0) is 0 Å². The third kappa shape index (κ3) is 4.50. The maximum Gasteiger partial charge on any atom is 0.273 e. The van der Waals surface area contributed by atoms with Crippen molar-refractivity contribution in [2.24, 2.45) is 0 Å². The van der Waals surface area contributed by atoms with Crippen molar-refractivity contribution in [3.05, 3.63) is 70.9 Å². The minimum Gasteiger partial charge on any atom is -0.507 e. The summed E-state index contributed by atoms with van der Waals surface area (Å²) in [4.78, 5) is 15.4. The van der Waals surface area contributed by atoms with Crippen molar-refractivity contribution in [3.8, 4) is 28.5 Å². The van der Waals surface area contributed by atoms with Gasteiger partial charge < -0.3 is 19.5 Å². The first-order chi connectivity index (χ1) is 16.9. The van der Waals surface area contributed by atoms with Gasteiger partial charge in [-0.3, -0.25) is 9.89 Å². The number of benzene rings is 2. The van der Waals surface area contributed by atoms with Crippen molar-refractivity contribution in [1.29, 1.82) is 0 Å². The highest BCUT2D eigenvalue weighted by atomic mass is 16.5. The largest absolute Gasteiger partial charge is 0.507 e. The second kappa shape index (κ2) is 10.3. The highest BCUT2D eigenvalue weighted by Crippen LogP contribution is 2.46. The maximum atomic E-state index is 13.5. The molecule has 1 amide bonds. The van der Waals surface area contributed by atoms with Crippen LogP contribution in [0.2, 0.25) is 0 Å². The quantitative estimate of drug-likeness (QED) is 0.367. The van der Waals surface area contributed by atoms with E-state index in [0.717, 1.165) is 35.1 Å². The van der Waals surface area contributed by atoms with Crippen LogP contribution in [-0.4, -0.2) is 45.9 Å². The van der Waals surface area contributed by atoms with E-state index in [1.807, 2.05) is 56.0 Å². The highest BCUT2D eigenvalue weighted by molar-refractivity contribution is 6.00. The molecule has 7 heteroatoms. The lowest BCUT2D eigenvalue weighted by atomic mass is 9.93. The molecular weight excluding hydrogens is 442 g/mol. The molecule has 2 heterocycles. The van der Waals surface area contributed by atoms with Gasteiger partial charge in [-0.15, -0.1) is 0 Å². The van der Waals surface area contributed by atoms with Crippen LogP contribution in [0.25, 0.3) is 11.3 Å². The molecule has 0 saturated heterocycles. The zero-order valence-corrected chi connectivity index (χ0v) is 20.9. The fourth-order valence-corrected chi connectivity index (χ4v) is 4.68. The Morgan fingerprint density at radius 2 is 1.97 bits per heavy atom. The first-order valence-corrected chi connectivity index (χ1v) is 12.1. The number of rotatable bonds is 10. The minimum atomic E-state index is -0.370. The number of aromatic hydroxyl groups is 1. The van der Waals surface area contributed by atoms with E-state index in [1.165, 1.54) is 0 Å². The molecule has 0 saturated carbocycles. The number of phenolic OH excluding ortho intramolecular Hbond substituents is 1. The summed E-state index contributed by atoms with van der Waals surface area (Å²) >= 11 is 0. The van der Waals surface area contributed by atoms with Crippen LogP contribution in [0.1, 0.15) is 65.5 Å². The number of carbonyl (C=O) groups is 1. The molecule has 2 aromatic carbocycles. The van der Waals surface area contributed by atoms with Gasteiger partial charge in [-0.2, -0.15) is 5.10 Å². The van der Waals surface area contributed by atoms with Gasteiger partial charge in [0.15, 0.2) is 11.5 Å². The second-order valence-corrected chi connectivity index (χ2v) is 8.83. The number of carbonyl (C=O) groups excluding carboxylic acids is 1. The Labute approximate surface area is 206 Å². The number of aromatic nitrogens is 2. The van der Waals surface area contributed by atoms with E-state index in [2.05, 4.69) is 23.7 Å². The predicted molar refractivity (Wildman–Crippen MR) is 136 cm³/mol. The molecule has 0 radical (unpaired) electrons. The number of ether oxygens (including phenoxy) is 2. The van der Waals surface area contributed by atoms with Crippen molar-refractivity contribution in [2.75, 3.05) is 19.8 Å².